The Morgan fingerprint density at radius 2 is 1.86 bits per heavy atom. The number of rotatable bonds is 5. The second kappa shape index (κ2) is 5.13. The maximum Gasteiger partial charge on any atom is 0.226 e. The molecular formula is C17H28ClNO2. The van der Waals surface area contributed by atoms with Crippen LogP contribution in [-0.4, -0.2) is 31.5 Å². The second-order valence-electron chi connectivity index (χ2n) is 8.69. The van der Waals surface area contributed by atoms with E-state index >= 15 is 0 Å². The summed E-state index contributed by atoms with van der Waals surface area (Å²) in [6.45, 7) is 5.28. The zero-order valence-electron chi connectivity index (χ0n) is 13.5. The van der Waals surface area contributed by atoms with Gasteiger partial charge < -0.3 is 10.1 Å². The number of methoxy groups -OCH3 is 1. The lowest BCUT2D eigenvalue weighted by molar-refractivity contribution is -0.170. The molecule has 0 heterocycles. The summed E-state index contributed by atoms with van der Waals surface area (Å²) < 4.78 is 5.16. The molecule has 0 aromatic rings. The van der Waals surface area contributed by atoms with Gasteiger partial charge in [0.2, 0.25) is 5.91 Å². The van der Waals surface area contributed by atoms with Crippen LogP contribution in [0.2, 0.25) is 0 Å². The Hall–Kier alpha value is -0.280. The maximum atomic E-state index is 13.0. The van der Waals surface area contributed by atoms with Crippen LogP contribution in [0.5, 0.6) is 0 Å². The first kappa shape index (κ1) is 15.6. The minimum atomic E-state index is -0.152. The first-order valence-corrected chi connectivity index (χ1v) is 8.71. The van der Waals surface area contributed by atoms with Crippen LogP contribution < -0.4 is 5.32 Å². The van der Waals surface area contributed by atoms with Crippen molar-refractivity contribution in [3.63, 3.8) is 0 Å². The molecule has 0 radical (unpaired) electrons. The highest BCUT2D eigenvalue weighted by Crippen LogP contribution is 2.69. The molecule has 0 spiro atoms. The van der Waals surface area contributed by atoms with Crippen molar-refractivity contribution in [3.8, 4) is 0 Å². The summed E-state index contributed by atoms with van der Waals surface area (Å²) in [5, 5.41) is 3.16. The van der Waals surface area contributed by atoms with Gasteiger partial charge in [0.05, 0.1) is 18.1 Å². The highest BCUT2D eigenvalue weighted by Gasteiger charge is 2.62. The van der Waals surface area contributed by atoms with Crippen molar-refractivity contribution in [2.24, 2.45) is 22.2 Å². The molecule has 4 heteroatoms. The summed E-state index contributed by atoms with van der Waals surface area (Å²) in [6, 6.07) is -0.0715. The lowest BCUT2D eigenvalue weighted by Crippen LogP contribution is -2.61. The lowest BCUT2D eigenvalue weighted by atomic mass is 9.40. The maximum absolute atomic E-state index is 13.0. The molecule has 4 aliphatic rings. The summed E-state index contributed by atoms with van der Waals surface area (Å²) in [6.07, 6.45) is 7.11. The van der Waals surface area contributed by atoms with E-state index < -0.39 is 0 Å². The molecule has 3 atom stereocenters. The van der Waals surface area contributed by atoms with Crippen molar-refractivity contribution in [3.05, 3.63) is 0 Å². The van der Waals surface area contributed by atoms with Gasteiger partial charge in [0, 0.05) is 13.0 Å². The fourth-order valence-corrected chi connectivity index (χ4v) is 6.53. The normalized spacial score (nSPS) is 45.6. The largest absolute Gasteiger partial charge is 0.383 e. The predicted octanol–water partition coefficient (Wildman–Crippen LogP) is 3.35. The van der Waals surface area contributed by atoms with Crippen molar-refractivity contribution >= 4 is 17.5 Å². The minimum absolute atomic E-state index is 0.0715. The topological polar surface area (TPSA) is 38.3 Å². The van der Waals surface area contributed by atoms with Gasteiger partial charge in [-0.15, -0.1) is 11.6 Å². The van der Waals surface area contributed by atoms with Gasteiger partial charge in [-0.1, -0.05) is 13.8 Å². The van der Waals surface area contributed by atoms with Gasteiger partial charge in [-0.3, -0.25) is 4.79 Å². The number of hydrogen-bond donors (Lipinski definition) is 1. The molecule has 0 saturated heterocycles. The van der Waals surface area contributed by atoms with Crippen LogP contribution in [0, 0.1) is 22.2 Å². The third kappa shape index (κ3) is 2.72. The molecule has 21 heavy (non-hydrogen) atoms. The monoisotopic (exact) mass is 313 g/mol. The summed E-state index contributed by atoms with van der Waals surface area (Å²) in [5.41, 5.74) is 0.577. The quantitative estimate of drug-likeness (QED) is 0.790. The van der Waals surface area contributed by atoms with Crippen LogP contribution >= 0.6 is 11.6 Å². The number of alkyl halides is 1. The van der Waals surface area contributed by atoms with Crippen molar-refractivity contribution in [1.82, 2.24) is 5.32 Å². The number of amides is 1. The Balaban J connectivity index is 1.79. The third-order valence-corrected chi connectivity index (χ3v) is 6.37. The molecule has 1 N–H and O–H groups in total. The summed E-state index contributed by atoms with van der Waals surface area (Å²) in [4.78, 5) is 13.0. The van der Waals surface area contributed by atoms with E-state index in [1.807, 2.05) is 0 Å². The number of carbonyl (C=O) groups excluding carboxylic acids is 1. The van der Waals surface area contributed by atoms with E-state index in [4.69, 9.17) is 16.3 Å². The van der Waals surface area contributed by atoms with Crippen molar-refractivity contribution in [2.75, 3.05) is 19.6 Å². The Labute approximate surface area is 133 Å². The van der Waals surface area contributed by atoms with Crippen molar-refractivity contribution < 1.29 is 9.53 Å². The Morgan fingerprint density at radius 3 is 2.33 bits per heavy atom. The number of halogens is 1. The summed E-state index contributed by atoms with van der Waals surface area (Å²) in [7, 11) is 1.65. The van der Waals surface area contributed by atoms with E-state index in [0.717, 1.165) is 25.2 Å². The zero-order chi connectivity index (χ0) is 15.3. The summed E-state index contributed by atoms with van der Waals surface area (Å²) >= 11 is 5.96. The van der Waals surface area contributed by atoms with Gasteiger partial charge in [-0.25, -0.2) is 0 Å². The Kier molecular flexibility index (Phi) is 3.81. The molecule has 4 saturated carbocycles. The molecule has 0 aromatic carbocycles. The van der Waals surface area contributed by atoms with Crippen molar-refractivity contribution in [2.45, 2.75) is 58.4 Å². The van der Waals surface area contributed by atoms with E-state index in [1.54, 1.807) is 7.11 Å². The molecule has 4 aliphatic carbocycles. The predicted molar refractivity (Wildman–Crippen MR) is 84.4 cm³/mol. The van der Waals surface area contributed by atoms with Gasteiger partial charge >= 0.3 is 0 Å². The highest BCUT2D eigenvalue weighted by atomic mass is 35.5. The van der Waals surface area contributed by atoms with Crippen LogP contribution in [0.25, 0.3) is 0 Å². The highest BCUT2D eigenvalue weighted by molar-refractivity contribution is 6.18. The van der Waals surface area contributed by atoms with Crippen LogP contribution in [0.1, 0.15) is 52.4 Å². The number of nitrogens with one attached hydrogen (secondary N) is 1. The standard InChI is InChI=1S/C17H28ClNO2/c1-15-4-12-5-16(2,9-15)11-17(6-12,10-15)14(20)19-13(7-18)8-21-3/h12-13H,4-11H2,1-3H3,(H,19,20). The average molecular weight is 314 g/mol. The molecule has 0 aliphatic heterocycles. The molecule has 1 amide bonds. The van der Waals surface area contributed by atoms with E-state index in [1.165, 1.54) is 19.3 Å². The first-order valence-electron chi connectivity index (χ1n) is 8.18. The van der Waals surface area contributed by atoms with Crippen LogP contribution in [0.15, 0.2) is 0 Å². The number of ether oxygens (including phenoxy) is 1. The van der Waals surface area contributed by atoms with Crippen molar-refractivity contribution in [1.29, 1.82) is 0 Å². The second-order valence-corrected chi connectivity index (χ2v) is 9.00. The fourth-order valence-electron chi connectivity index (χ4n) is 6.37. The molecular weight excluding hydrogens is 286 g/mol. The van der Waals surface area contributed by atoms with Gasteiger partial charge in [-0.05, 0) is 55.3 Å². The Bertz CT molecular complexity index is 421. The zero-order valence-corrected chi connectivity index (χ0v) is 14.3. The van der Waals surface area contributed by atoms with Crippen LogP contribution in [0.4, 0.5) is 0 Å². The van der Waals surface area contributed by atoms with Gasteiger partial charge in [0.1, 0.15) is 0 Å². The third-order valence-electron chi connectivity index (χ3n) is 6.00. The SMILES string of the molecule is COCC(CCl)NC(=O)C12CC3CC(C)(CC(C)(C3)C1)C2. The smallest absolute Gasteiger partial charge is 0.226 e. The van der Waals surface area contributed by atoms with Gasteiger partial charge in [-0.2, -0.15) is 0 Å². The van der Waals surface area contributed by atoms with Crippen LogP contribution in [0.3, 0.4) is 0 Å². The van der Waals surface area contributed by atoms with E-state index in [9.17, 15) is 4.79 Å². The molecule has 4 rings (SSSR count). The molecule has 0 aromatic heterocycles. The molecule has 3 nitrogen and oxygen atoms in total. The van der Waals surface area contributed by atoms with Gasteiger partial charge in [0.15, 0.2) is 0 Å². The van der Waals surface area contributed by atoms with Gasteiger partial charge in [0.25, 0.3) is 0 Å². The fraction of sp³-hybridized carbons (Fsp3) is 0.941. The van der Waals surface area contributed by atoms with E-state index in [-0.39, 0.29) is 17.4 Å². The summed E-state index contributed by atoms with van der Waals surface area (Å²) in [5.74, 6) is 1.37. The Morgan fingerprint density at radius 1 is 1.24 bits per heavy atom. The first-order chi connectivity index (χ1) is 9.82. The molecule has 4 fully saturated rings. The van der Waals surface area contributed by atoms with Crippen LogP contribution in [-0.2, 0) is 9.53 Å². The van der Waals surface area contributed by atoms with E-state index in [0.29, 0.717) is 23.3 Å². The molecule has 4 bridgehead atoms. The average Bonchev–Trinajstić information content (AvgIpc) is 2.33. The number of hydrogen-bond acceptors (Lipinski definition) is 2. The lowest BCUT2D eigenvalue weighted by Gasteiger charge is -2.64. The van der Waals surface area contributed by atoms with E-state index in [2.05, 4.69) is 19.2 Å². The molecule has 120 valence electrons. The number of carbonyl (C=O) groups is 1. The minimum Gasteiger partial charge on any atom is -0.383 e. The molecule has 3 unspecified atom stereocenters.